The van der Waals surface area contributed by atoms with Gasteiger partial charge < -0.3 is 9.64 Å². The first kappa shape index (κ1) is 25.5. The zero-order valence-corrected chi connectivity index (χ0v) is 22.7. The molecule has 192 valence electrons. The molecule has 5 nitrogen and oxygen atoms in total. The molecule has 1 aliphatic carbocycles. The zero-order chi connectivity index (χ0) is 25.8. The van der Waals surface area contributed by atoms with E-state index in [0.717, 1.165) is 65.5 Å². The van der Waals surface area contributed by atoms with Gasteiger partial charge >= 0.3 is 0 Å². The molecule has 6 heteroatoms. The molecule has 0 radical (unpaired) electrons. The Morgan fingerprint density at radius 1 is 1.11 bits per heavy atom. The number of amides is 1. The second-order valence-electron chi connectivity index (χ2n) is 10.6. The maximum atomic E-state index is 12.9. The van der Waals surface area contributed by atoms with Crippen molar-refractivity contribution in [1.29, 1.82) is 5.26 Å². The van der Waals surface area contributed by atoms with Crippen LogP contribution >= 0.6 is 11.3 Å². The van der Waals surface area contributed by atoms with Crippen LogP contribution in [0.2, 0.25) is 0 Å². The summed E-state index contributed by atoms with van der Waals surface area (Å²) in [5, 5.41) is 12.8. The van der Waals surface area contributed by atoms with Crippen molar-refractivity contribution in [2.75, 3.05) is 13.1 Å². The molecular formula is C31H35N3O2S. The van der Waals surface area contributed by atoms with E-state index < -0.39 is 0 Å². The molecular weight excluding hydrogens is 478 g/mol. The number of nitriles is 1. The Kier molecular flexibility index (Phi) is 7.90. The van der Waals surface area contributed by atoms with E-state index in [1.807, 2.05) is 42.2 Å². The van der Waals surface area contributed by atoms with Crippen LogP contribution in [0, 0.1) is 24.2 Å². The number of hydrogen-bond donors (Lipinski definition) is 0. The van der Waals surface area contributed by atoms with Crippen molar-refractivity contribution in [3.63, 3.8) is 0 Å². The summed E-state index contributed by atoms with van der Waals surface area (Å²) in [6.45, 7) is 6.46. The van der Waals surface area contributed by atoms with Gasteiger partial charge in [-0.05, 0) is 86.4 Å². The van der Waals surface area contributed by atoms with Gasteiger partial charge in [0.25, 0.3) is 5.91 Å². The number of ether oxygens (including phenoxy) is 1. The number of thiazole rings is 1. The maximum Gasteiger partial charge on any atom is 0.253 e. The summed E-state index contributed by atoms with van der Waals surface area (Å²) in [7, 11) is 0. The first-order chi connectivity index (χ1) is 18.0. The average molecular weight is 514 g/mol. The fraction of sp³-hybridized carbons (Fsp3) is 0.452. The summed E-state index contributed by atoms with van der Waals surface area (Å²) < 4.78 is 6.30. The van der Waals surface area contributed by atoms with Crippen LogP contribution in [-0.2, 0) is 6.61 Å². The van der Waals surface area contributed by atoms with Crippen LogP contribution in [0.4, 0.5) is 0 Å². The van der Waals surface area contributed by atoms with Crippen molar-refractivity contribution < 1.29 is 9.53 Å². The minimum Gasteiger partial charge on any atom is -0.488 e. The van der Waals surface area contributed by atoms with Crippen LogP contribution in [-0.4, -0.2) is 28.9 Å². The van der Waals surface area contributed by atoms with Crippen molar-refractivity contribution in [2.24, 2.45) is 5.92 Å². The van der Waals surface area contributed by atoms with Gasteiger partial charge in [0.2, 0.25) is 0 Å². The Hall–Kier alpha value is -3.17. The highest BCUT2D eigenvalue weighted by molar-refractivity contribution is 7.10. The van der Waals surface area contributed by atoms with Crippen molar-refractivity contribution >= 4 is 17.2 Å². The molecule has 1 amide bonds. The predicted octanol–water partition coefficient (Wildman–Crippen LogP) is 7.49. The second-order valence-corrected chi connectivity index (χ2v) is 11.5. The molecule has 0 atom stereocenters. The van der Waals surface area contributed by atoms with E-state index in [4.69, 9.17) is 9.72 Å². The Morgan fingerprint density at radius 2 is 1.89 bits per heavy atom. The summed E-state index contributed by atoms with van der Waals surface area (Å²) in [6, 6.07) is 13.7. The SMILES string of the molecule is Cc1cc(C(=O)N2CCCCC2)ccc1COc1ccc(C#N)cc1-c1csc(C2CCC(C)CC2)n1. The van der Waals surface area contributed by atoms with E-state index in [-0.39, 0.29) is 5.91 Å². The third-order valence-corrected chi connectivity index (χ3v) is 8.89. The first-order valence-corrected chi connectivity index (χ1v) is 14.4. The lowest BCUT2D eigenvalue weighted by molar-refractivity contribution is 0.0724. The second kappa shape index (κ2) is 11.5. The molecule has 37 heavy (non-hydrogen) atoms. The van der Waals surface area contributed by atoms with Gasteiger partial charge in [-0.2, -0.15) is 5.26 Å². The number of carbonyl (C=O) groups excluding carboxylic acids is 1. The third kappa shape index (κ3) is 5.88. The van der Waals surface area contributed by atoms with E-state index in [0.29, 0.717) is 18.1 Å². The van der Waals surface area contributed by atoms with Gasteiger partial charge in [-0.25, -0.2) is 4.98 Å². The number of likely N-dealkylation sites (tertiary alicyclic amines) is 1. The lowest BCUT2D eigenvalue weighted by Crippen LogP contribution is -2.35. The van der Waals surface area contributed by atoms with Gasteiger partial charge in [0.15, 0.2) is 0 Å². The molecule has 2 aromatic carbocycles. The van der Waals surface area contributed by atoms with Crippen LogP contribution in [0.25, 0.3) is 11.3 Å². The molecule has 1 saturated carbocycles. The Morgan fingerprint density at radius 3 is 2.62 bits per heavy atom. The number of rotatable bonds is 6. The summed E-state index contributed by atoms with van der Waals surface area (Å²) in [5.74, 6) is 2.19. The molecule has 0 unspecified atom stereocenters. The lowest BCUT2D eigenvalue weighted by Gasteiger charge is -2.27. The van der Waals surface area contributed by atoms with Crippen LogP contribution in [0.15, 0.2) is 41.8 Å². The molecule has 2 aliphatic rings. The summed E-state index contributed by atoms with van der Waals surface area (Å²) in [4.78, 5) is 19.9. The van der Waals surface area contributed by atoms with Gasteiger partial charge in [-0.1, -0.05) is 25.8 Å². The monoisotopic (exact) mass is 513 g/mol. The predicted molar refractivity (Wildman–Crippen MR) is 148 cm³/mol. The molecule has 5 rings (SSSR count). The van der Waals surface area contributed by atoms with Crippen molar-refractivity contribution in [2.45, 2.75) is 71.3 Å². The Labute approximate surface area is 224 Å². The topological polar surface area (TPSA) is 66.2 Å². The fourth-order valence-electron chi connectivity index (χ4n) is 5.46. The minimum atomic E-state index is 0.122. The van der Waals surface area contributed by atoms with Crippen molar-refractivity contribution in [1.82, 2.24) is 9.88 Å². The number of nitrogens with zero attached hydrogens (tertiary/aromatic N) is 3. The van der Waals surface area contributed by atoms with Gasteiger partial charge in [-0.3, -0.25) is 4.79 Å². The lowest BCUT2D eigenvalue weighted by atomic mass is 9.83. The van der Waals surface area contributed by atoms with Crippen LogP contribution in [0.1, 0.15) is 89.8 Å². The molecule has 0 spiro atoms. The molecule has 1 aromatic heterocycles. The van der Waals surface area contributed by atoms with Gasteiger partial charge in [0.1, 0.15) is 12.4 Å². The molecule has 1 saturated heterocycles. The number of aromatic nitrogens is 1. The Balaban J connectivity index is 1.32. The smallest absolute Gasteiger partial charge is 0.253 e. The van der Waals surface area contributed by atoms with Gasteiger partial charge in [0.05, 0.1) is 22.3 Å². The van der Waals surface area contributed by atoms with Crippen LogP contribution < -0.4 is 4.74 Å². The van der Waals surface area contributed by atoms with Crippen LogP contribution in [0.3, 0.4) is 0 Å². The highest BCUT2D eigenvalue weighted by Gasteiger charge is 2.23. The number of benzene rings is 2. The Bertz CT molecular complexity index is 1290. The molecule has 2 heterocycles. The number of hydrogen-bond acceptors (Lipinski definition) is 5. The fourth-order valence-corrected chi connectivity index (χ4v) is 6.45. The van der Waals surface area contributed by atoms with E-state index in [1.165, 1.54) is 37.1 Å². The summed E-state index contributed by atoms with van der Waals surface area (Å²) in [5.41, 5.74) is 5.17. The molecule has 1 aliphatic heterocycles. The summed E-state index contributed by atoms with van der Waals surface area (Å²) in [6.07, 6.45) is 8.31. The quantitative estimate of drug-likeness (QED) is 0.342. The minimum absolute atomic E-state index is 0.122. The van der Waals surface area contributed by atoms with E-state index in [9.17, 15) is 10.1 Å². The summed E-state index contributed by atoms with van der Waals surface area (Å²) >= 11 is 1.72. The largest absolute Gasteiger partial charge is 0.488 e. The number of piperidine rings is 1. The number of carbonyl (C=O) groups is 1. The normalized spacial score (nSPS) is 19.9. The first-order valence-electron chi connectivity index (χ1n) is 13.5. The van der Waals surface area contributed by atoms with Crippen LogP contribution in [0.5, 0.6) is 5.75 Å². The third-order valence-electron chi connectivity index (χ3n) is 7.89. The van der Waals surface area contributed by atoms with Crippen molar-refractivity contribution in [3.8, 4) is 23.1 Å². The van der Waals surface area contributed by atoms with Crippen molar-refractivity contribution in [3.05, 3.63) is 69.0 Å². The maximum absolute atomic E-state index is 12.9. The van der Waals surface area contributed by atoms with E-state index >= 15 is 0 Å². The van der Waals surface area contributed by atoms with Gasteiger partial charge in [0, 0.05) is 35.5 Å². The highest BCUT2D eigenvalue weighted by atomic mass is 32.1. The van der Waals surface area contributed by atoms with E-state index in [2.05, 4.69) is 18.4 Å². The average Bonchev–Trinajstić information content (AvgIpc) is 3.43. The molecule has 3 aromatic rings. The number of aryl methyl sites for hydroxylation is 1. The molecule has 0 N–H and O–H groups in total. The van der Waals surface area contributed by atoms with E-state index in [1.54, 1.807) is 17.4 Å². The molecule has 0 bridgehead atoms. The highest BCUT2D eigenvalue weighted by Crippen LogP contribution is 2.39. The standard InChI is InChI=1S/C31H35N3O2S/c1-21-6-9-24(10-7-21)30-33-28(20-37-30)27-17-23(18-32)8-13-29(27)36-19-26-12-11-25(16-22(26)2)31(35)34-14-4-3-5-15-34/h8,11-13,16-17,20-21,24H,3-7,9-10,14-15,19H2,1-2H3. The van der Waals surface area contributed by atoms with Gasteiger partial charge in [-0.15, -0.1) is 11.3 Å². The molecule has 2 fully saturated rings. The zero-order valence-electron chi connectivity index (χ0n) is 21.8.